The van der Waals surface area contributed by atoms with Gasteiger partial charge in [-0.1, -0.05) is 12.1 Å². The molecule has 90 valence electrons. The lowest BCUT2D eigenvalue weighted by Gasteiger charge is -2.18. The van der Waals surface area contributed by atoms with E-state index < -0.39 is 12.9 Å². The third-order valence-corrected chi connectivity index (χ3v) is 2.75. The molecule has 0 saturated heterocycles. The van der Waals surface area contributed by atoms with Gasteiger partial charge in [0.25, 0.3) is 0 Å². The summed E-state index contributed by atoms with van der Waals surface area (Å²) in [6.45, 7) is 0. The van der Waals surface area contributed by atoms with E-state index in [2.05, 4.69) is 6.08 Å². The molecule has 0 heterocycles. The molecule has 0 saturated carbocycles. The van der Waals surface area contributed by atoms with Crippen LogP contribution in [0.4, 0.5) is 4.39 Å². The van der Waals surface area contributed by atoms with E-state index in [1.54, 1.807) is 6.07 Å². The summed E-state index contributed by atoms with van der Waals surface area (Å²) >= 11 is 0. The van der Waals surface area contributed by atoms with Crippen LogP contribution in [-0.4, -0.2) is 23.3 Å². The second-order valence-corrected chi connectivity index (χ2v) is 4.07. The van der Waals surface area contributed by atoms with E-state index in [1.165, 1.54) is 12.1 Å². The van der Waals surface area contributed by atoms with Crippen molar-refractivity contribution in [3.8, 4) is 5.75 Å². The first kappa shape index (κ1) is 12.1. The fourth-order valence-corrected chi connectivity index (χ4v) is 1.84. The molecular formula is C12H14BFO3. The van der Waals surface area contributed by atoms with Gasteiger partial charge in [0.05, 0.1) is 0 Å². The number of halogens is 1. The first-order chi connectivity index (χ1) is 8.16. The van der Waals surface area contributed by atoms with Crippen LogP contribution in [0.25, 0.3) is 0 Å². The molecular weight excluding hydrogens is 222 g/mol. The zero-order chi connectivity index (χ0) is 12.3. The van der Waals surface area contributed by atoms with Gasteiger partial charge in [0, 0.05) is 11.5 Å². The maximum atomic E-state index is 13.4. The van der Waals surface area contributed by atoms with Crippen LogP contribution in [0.3, 0.4) is 0 Å². The summed E-state index contributed by atoms with van der Waals surface area (Å²) in [5, 5.41) is 17.8. The van der Waals surface area contributed by atoms with Crippen LogP contribution in [0, 0.1) is 5.82 Å². The van der Waals surface area contributed by atoms with Gasteiger partial charge in [-0.25, -0.2) is 4.39 Å². The molecule has 0 radical (unpaired) electrons. The molecule has 1 aromatic rings. The SMILES string of the molecule is OB(O)c1ccc(OC2C=CCCC2)cc1F. The van der Waals surface area contributed by atoms with E-state index in [0.717, 1.165) is 19.3 Å². The van der Waals surface area contributed by atoms with E-state index in [4.69, 9.17) is 14.8 Å². The minimum absolute atomic E-state index is 0.0203. The maximum absolute atomic E-state index is 13.4. The van der Waals surface area contributed by atoms with Crippen molar-refractivity contribution in [2.45, 2.75) is 25.4 Å². The molecule has 2 N–H and O–H groups in total. The first-order valence-corrected chi connectivity index (χ1v) is 5.66. The molecule has 0 fully saturated rings. The highest BCUT2D eigenvalue weighted by atomic mass is 19.1. The topological polar surface area (TPSA) is 49.7 Å². The van der Waals surface area contributed by atoms with Gasteiger partial charge in [-0.05, 0) is 31.4 Å². The molecule has 1 atom stereocenters. The van der Waals surface area contributed by atoms with Gasteiger partial charge in [0.15, 0.2) is 0 Å². The van der Waals surface area contributed by atoms with Crippen LogP contribution in [0.1, 0.15) is 19.3 Å². The summed E-state index contributed by atoms with van der Waals surface area (Å²) in [5.41, 5.74) is -0.142. The van der Waals surface area contributed by atoms with Crippen LogP contribution in [-0.2, 0) is 0 Å². The molecule has 17 heavy (non-hydrogen) atoms. The number of hydrogen-bond donors (Lipinski definition) is 2. The van der Waals surface area contributed by atoms with Crippen molar-refractivity contribution >= 4 is 12.6 Å². The summed E-state index contributed by atoms with van der Waals surface area (Å²) in [6.07, 6.45) is 7.05. The lowest BCUT2D eigenvalue weighted by molar-refractivity contribution is 0.229. The third kappa shape index (κ3) is 3.08. The highest BCUT2D eigenvalue weighted by Crippen LogP contribution is 2.19. The minimum atomic E-state index is -1.79. The van der Waals surface area contributed by atoms with Gasteiger partial charge in [-0.2, -0.15) is 0 Å². The van der Waals surface area contributed by atoms with Gasteiger partial charge in [-0.3, -0.25) is 0 Å². The van der Waals surface area contributed by atoms with Crippen molar-refractivity contribution in [3.05, 3.63) is 36.2 Å². The Bertz CT molecular complexity index is 420. The Morgan fingerprint density at radius 2 is 2.18 bits per heavy atom. The molecule has 5 heteroatoms. The standard InChI is InChI=1S/C12H14BFO3/c14-12-8-10(6-7-11(12)13(15)16)17-9-4-2-1-3-5-9/h2,4,6-9,15-16H,1,3,5H2. The van der Waals surface area contributed by atoms with E-state index in [0.29, 0.717) is 5.75 Å². The lowest BCUT2D eigenvalue weighted by Crippen LogP contribution is -2.32. The van der Waals surface area contributed by atoms with Crippen molar-refractivity contribution in [2.24, 2.45) is 0 Å². The number of ether oxygens (including phenoxy) is 1. The van der Waals surface area contributed by atoms with Crippen molar-refractivity contribution in [2.75, 3.05) is 0 Å². The molecule has 2 rings (SSSR count). The van der Waals surface area contributed by atoms with E-state index in [1.807, 2.05) is 6.08 Å². The molecule has 0 spiro atoms. The molecule has 0 bridgehead atoms. The fraction of sp³-hybridized carbons (Fsp3) is 0.333. The van der Waals surface area contributed by atoms with Crippen molar-refractivity contribution in [1.29, 1.82) is 0 Å². The van der Waals surface area contributed by atoms with E-state index >= 15 is 0 Å². The predicted octanol–water partition coefficient (Wildman–Crippen LogP) is 0.993. The predicted molar refractivity (Wildman–Crippen MR) is 63.6 cm³/mol. The Hall–Kier alpha value is -1.33. The molecule has 1 aliphatic carbocycles. The van der Waals surface area contributed by atoms with Crippen molar-refractivity contribution in [3.63, 3.8) is 0 Å². The second kappa shape index (κ2) is 5.34. The zero-order valence-electron chi connectivity index (χ0n) is 9.34. The van der Waals surface area contributed by atoms with E-state index in [-0.39, 0.29) is 11.6 Å². The monoisotopic (exact) mass is 236 g/mol. The maximum Gasteiger partial charge on any atom is 0.491 e. The van der Waals surface area contributed by atoms with Gasteiger partial charge in [0.1, 0.15) is 17.7 Å². The smallest absolute Gasteiger partial charge is 0.486 e. The summed E-state index contributed by atoms with van der Waals surface area (Å²) in [4.78, 5) is 0. The third-order valence-electron chi connectivity index (χ3n) is 2.75. The minimum Gasteiger partial charge on any atom is -0.486 e. The van der Waals surface area contributed by atoms with Crippen LogP contribution in [0.2, 0.25) is 0 Å². The molecule has 1 aliphatic rings. The van der Waals surface area contributed by atoms with Crippen LogP contribution < -0.4 is 10.2 Å². The average molecular weight is 236 g/mol. The number of benzene rings is 1. The van der Waals surface area contributed by atoms with Gasteiger partial charge in [0.2, 0.25) is 0 Å². The normalized spacial score (nSPS) is 19.1. The quantitative estimate of drug-likeness (QED) is 0.607. The summed E-state index contributed by atoms with van der Waals surface area (Å²) < 4.78 is 19.0. The Kier molecular flexibility index (Phi) is 3.81. The van der Waals surface area contributed by atoms with Gasteiger partial charge in [-0.15, -0.1) is 0 Å². The zero-order valence-corrected chi connectivity index (χ0v) is 9.34. The van der Waals surface area contributed by atoms with Crippen LogP contribution in [0.5, 0.6) is 5.75 Å². The first-order valence-electron chi connectivity index (χ1n) is 5.66. The molecule has 1 aromatic carbocycles. The lowest BCUT2D eigenvalue weighted by atomic mass is 9.80. The average Bonchev–Trinajstić information content (AvgIpc) is 2.30. The number of rotatable bonds is 3. The molecule has 1 unspecified atom stereocenters. The number of allylic oxidation sites excluding steroid dienone is 1. The van der Waals surface area contributed by atoms with E-state index in [9.17, 15) is 4.39 Å². The molecule has 0 amide bonds. The van der Waals surface area contributed by atoms with Crippen LogP contribution >= 0.6 is 0 Å². The Morgan fingerprint density at radius 3 is 2.76 bits per heavy atom. The van der Waals surface area contributed by atoms with Gasteiger partial charge >= 0.3 is 7.12 Å². The van der Waals surface area contributed by atoms with Crippen molar-refractivity contribution < 1.29 is 19.2 Å². The number of hydrogen-bond acceptors (Lipinski definition) is 3. The largest absolute Gasteiger partial charge is 0.491 e. The van der Waals surface area contributed by atoms with Gasteiger partial charge < -0.3 is 14.8 Å². The Balaban J connectivity index is 2.09. The molecule has 3 nitrogen and oxygen atoms in total. The molecule has 0 aromatic heterocycles. The van der Waals surface area contributed by atoms with Crippen molar-refractivity contribution in [1.82, 2.24) is 0 Å². The Labute approximate surface area is 99.7 Å². The fourth-order valence-electron chi connectivity index (χ4n) is 1.84. The summed E-state index contributed by atoms with van der Waals surface area (Å²) in [5.74, 6) is -0.263. The molecule has 0 aliphatic heterocycles. The second-order valence-electron chi connectivity index (χ2n) is 4.07. The summed E-state index contributed by atoms with van der Waals surface area (Å²) in [7, 11) is -1.79. The van der Waals surface area contributed by atoms with Crippen LogP contribution in [0.15, 0.2) is 30.4 Å². The Morgan fingerprint density at radius 1 is 1.35 bits per heavy atom. The highest BCUT2D eigenvalue weighted by molar-refractivity contribution is 6.58. The summed E-state index contributed by atoms with van der Waals surface area (Å²) in [6, 6.07) is 4.04. The highest BCUT2D eigenvalue weighted by Gasteiger charge is 2.17.